The Labute approximate surface area is 177 Å². The smallest absolute Gasteiger partial charge is 0.332 e. The molecule has 3 heterocycles. The van der Waals surface area contributed by atoms with E-state index in [1.165, 1.54) is 9.13 Å². The van der Waals surface area contributed by atoms with E-state index in [0.29, 0.717) is 29.2 Å². The van der Waals surface area contributed by atoms with E-state index in [9.17, 15) is 9.59 Å². The van der Waals surface area contributed by atoms with Crippen LogP contribution in [0.3, 0.4) is 0 Å². The molecule has 1 unspecified atom stereocenters. The molecule has 0 bridgehead atoms. The number of fused-ring (bicyclic) bond motifs is 1. The predicted molar refractivity (Wildman–Crippen MR) is 115 cm³/mol. The lowest BCUT2D eigenvalue weighted by molar-refractivity contribution is 0.0948. The highest BCUT2D eigenvalue weighted by molar-refractivity contribution is 5.77. The molecule has 5 rings (SSSR count). The number of rotatable bonds is 5. The van der Waals surface area contributed by atoms with Gasteiger partial charge in [-0.3, -0.25) is 13.9 Å². The summed E-state index contributed by atoms with van der Waals surface area (Å²) in [5, 5.41) is 4.53. The lowest BCUT2D eigenvalue weighted by Crippen LogP contribution is -2.42. The van der Waals surface area contributed by atoms with Crippen molar-refractivity contribution in [2.75, 3.05) is 6.61 Å². The maximum Gasteiger partial charge on any atom is 0.332 e. The number of para-hydroxylation sites is 1. The second-order valence-electron chi connectivity index (χ2n) is 7.81. The van der Waals surface area contributed by atoms with Crippen molar-refractivity contribution in [2.24, 2.45) is 0 Å². The van der Waals surface area contributed by atoms with Gasteiger partial charge in [0.25, 0.3) is 5.56 Å². The van der Waals surface area contributed by atoms with Crippen molar-refractivity contribution >= 4 is 10.9 Å². The maximum absolute atomic E-state index is 13.3. The van der Waals surface area contributed by atoms with Gasteiger partial charge in [-0.2, -0.15) is 4.98 Å². The molecule has 0 amide bonds. The zero-order valence-electron chi connectivity index (χ0n) is 17.2. The van der Waals surface area contributed by atoms with E-state index < -0.39 is 5.69 Å². The normalized spacial score (nSPS) is 16.2. The number of hydrogen-bond acceptors (Lipinski definition) is 6. The van der Waals surface area contributed by atoms with Gasteiger partial charge in [-0.25, -0.2) is 4.79 Å². The van der Waals surface area contributed by atoms with E-state index in [0.717, 1.165) is 24.0 Å². The Balaban J connectivity index is 1.55. The van der Waals surface area contributed by atoms with Crippen molar-refractivity contribution < 1.29 is 9.26 Å². The summed E-state index contributed by atoms with van der Waals surface area (Å²) in [4.78, 5) is 30.8. The first-order valence-corrected chi connectivity index (χ1v) is 10.3. The van der Waals surface area contributed by atoms with Crippen molar-refractivity contribution in [3.63, 3.8) is 0 Å². The van der Waals surface area contributed by atoms with Crippen molar-refractivity contribution in [1.82, 2.24) is 19.3 Å². The van der Waals surface area contributed by atoms with Crippen LogP contribution in [0.4, 0.5) is 0 Å². The van der Waals surface area contributed by atoms with Crippen molar-refractivity contribution in [3.05, 3.63) is 80.8 Å². The van der Waals surface area contributed by atoms with Crippen molar-refractivity contribution in [3.8, 4) is 11.4 Å². The first-order chi connectivity index (χ1) is 15.1. The van der Waals surface area contributed by atoms with Gasteiger partial charge < -0.3 is 9.26 Å². The first-order valence-electron chi connectivity index (χ1n) is 10.3. The van der Waals surface area contributed by atoms with Crippen LogP contribution < -0.4 is 11.2 Å². The van der Waals surface area contributed by atoms with Crippen LogP contribution >= 0.6 is 0 Å². The molecule has 8 nitrogen and oxygen atoms in total. The van der Waals surface area contributed by atoms with E-state index >= 15 is 0 Å². The van der Waals surface area contributed by atoms with E-state index in [1.54, 1.807) is 24.3 Å². The van der Waals surface area contributed by atoms with E-state index in [4.69, 9.17) is 9.26 Å². The Morgan fingerprint density at radius 3 is 2.65 bits per heavy atom. The molecular formula is C23H22N4O4. The molecule has 2 aromatic carbocycles. The number of nitrogens with zero attached hydrogens (tertiary/aromatic N) is 4. The monoisotopic (exact) mass is 418 g/mol. The summed E-state index contributed by atoms with van der Waals surface area (Å²) in [6.07, 6.45) is 1.64. The molecule has 4 aromatic rings. The van der Waals surface area contributed by atoms with Crippen LogP contribution in [-0.4, -0.2) is 32.0 Å². The van der Waals surface area contributed by atoms with E-state index in [1.807, 2.05) is 31.2 Å². The highest BCUT2D eigenvalue weighted by atomic mass is 16.5. The van der Waals surface area contributed by atoms with Crippen LogP contribution in [0.1, 0.15) is 24.3 Å². The Morgan fingerprint density at radius 1 is 1.06 bits per heavy atom. The number of ether oxygens (including phenoxy) is 1. The number of aromatic nitrogens is 4. The maximum atomic E-state index is 13.3. The van der Waals surface area contributed by atoms with Gasteiger partial charge in [0.15, 0.2) is 0 Å². The molecule has 1 aliphatic heterocycles. The number of hydrogen-bond donors (Lipinski definition) is 0. The van der Waals surface area contributed by atoms with Crippen LogP contribution in [0.2, 0.25) is 0 Å². The van der Waals surface area contributed by atoms with Gasteiger partial charge in [0.05, 0.1) is 23.6 Å². The molecule has 0 aliphatic carbocycles. The minimum atomic E-state index is -0.408. The molecule has 8 heteroatoms. The Morgan fingerprint density at radius 2 is 1.87 bits per heavy atom. The Kier molecular flexibility index (Phi) is 4.99. The fourth-order valence-electron chi connectivity index (χ4n) is 3.95. The minimum Gasteiger partial charge on any atom is -0.376 e. The third-order valence-electron chi connectivity index (χ3n) is 5.61. The summed E-state index contributed by atoms with van der Waals surface area (Å²) >= 11 is 0. The van der Waals surface area contributed by atoms with Gasteiger partial charge in [0, 0.05) is 12.2 Å². The lowest BCUT2D eigenvalue weighted by atomic mass is 10.1. The number of benzene rings is 2. The van der Waals surface area contributed by atoms with Crippen LogP contribution in [0, 0.1) is 6.92 Å². The third kappa shape index (κ3) is 3.70. The van der Waals surface area contributed by atoms with Gasteiger partial charge in [-0.1, -0.05) is 47.1 Å². The van der Waals surface area contributed by atoms with Gasteiger partial charge in [0.1, 0.15) is 6.54 Å². The minimum absolute atomic E-state index is 0.0734. The highest BCUT2D eigenvalue weighted by Gasteiger charge is 2.21. The fraction of sp³-hybridized carbons (Fsp3) is 0.304. The zero-order valence-corrected chi connectivity index (χ0v) is 17.2. The van der Waals surface area contributed by atoms with Crippen LogP contribution in [-0.2, 0) is 17.8 Å². The molecule has 0 saturated carbocycles. The van der Waals surface area contributed by atoms with E-state index in [2.05, 4.69) is 10.1 Å². The molecule has 1 fully saturated rings. The molecule has 0 radical (unpaired) electrons. The van der Waals surface area contributed by atoms with Crippen LogP contribution in [0.15, 0.2) is 62.6 Å². The molecule has 1 atom stereocenters. The van der Waals surface area contributed by atoms with Gasteiger partial charge in [-0.05, 0) is 31.9 Å². The summed E-state index contributed by atoms with van der Waals surface area (Å²) in [7, 11) is 0. The third-order valence-corrected chi connectivity index (χ3v) is 5.61. The van der Waals surface area contributed by atoms with E-state index in [-0.39, 0.29) is 24.8 Å². The second-order valence-corrected chi connectivity index (χ2v) is 7.81. The molecule has 31 heavy (non-hydrogen) atoms. The Hall–Kier alpha value is -3.52. The van der Waals surface area contributed by atoms with Gasteiger partial charge in [0.2, 0.25) is 11.7 Å². The fourth-order valence-corrected chi connectivity index (χ4v) is 3.95. The predicted octanol–water partition coefficient (Wildman–Crippen LogP) is 2.75. The summed E-state index contributed by atoms with van der Waals surface area (Å²) < 4.78 is 13.8. The van der Waals surface area contributed by atoms with Crippen molar-refractivity contribution in [1.29, 1.82) is 0 Å². The first kappa shape index (κ1) is 19.4. The van der Waals surface area contributed by atoms with Gasteiger partial charge in [-0.15, -0.1) is 0 Å². The summed E-state index contributed by atoms with van der Waals surface area (Å²) in [5.41, 5.74) is 1.80. The molecule has 0 N–H and O–H groups in total. The average Bonchev–Trinajstić information content (AvgIpc) is 3.47. The quantitative estimate of drug-likeness (QED) is 0.495. The topological polar surface area (TPSA) is 92.1 Å². The molecule has 1 saturated heterocycles. The van der Waals surface area contributed by atoms with Crippen molar-refractivity contribution in [2.45, 2.75) is 39.0 Å². The number of aryl methyl sites for hydroxylation is 1. The lowest BCUT2D eigenvalue weighted by Gasteiger charge is -2.15. The standard InChI is InChI=1S/C23H22N4O4/c1-15-8-10-16(11-9-15)21-24-20(31-25-21)14-26-19-7-3-2-6-18(19)22(28)27(23(26)29)13-17-5-4-12-30-17/h2-3,6-11,17H,4-5,12-14H2,1H3. The summed E-state index contributed by atoms with van der Waals surface area (Å²) in [5.74, 6) is 0.755. The SMILES string of the molecule is Cc1ccc(-c2noc(Cn3c(=O)n(CC4CCCO4)c(=O)c4ccccc43)n2)cc1. The van der Waals surface area contributed by atoms with Gasteiger partial charge >= 0.3 is 5.69 Å². The molecule has 0 spiro atoms. The van der Waals surface area contributed by atoms with Crippen LogP contribution in [0.25, 0.3) is 22.3 Å². The molecular weight excluding hydrogens is 396 g/mol. The summed E-state index contributed by atoms with van der Waals surface area (Å²) in [6.45, 7) is 2.98. The molecule has 158 valence electrons. The van der Waals surface area contributed by atoms with Crippen LogP contribution in [0.5, 0.6) is 0 Å². The largest absolute Gasteiger partial charge is 0.376 e. The Bertz CT molecular complexity index is 1340. The molecule has 2 aromatic heterocycles. The molecule has 1 aliphatic rings. The second kappa shape index (κ2) is 7.96. The highest BCUT2D eigenvalue weighted by Crippen LogP contribution is 2.18. The zero-order chi connectivity index (χ0) is 21.4. The summed E-state index contributed by atoms with van der Waals surface area (Å²) in [6, 6.07) is 14.9. The average molecular weight is 418 g/mol.